The second-order valence-electron chi connectivity index (χ2n) is 4.67. The zero-order valence-electron chi connectivity index (χ0n) is 9.61. The normalized spacial score (nSPS) is 22.1. The Morgan fingerprint density at radius 2 is 2.17 bits per heavy atom. The van der Waals surface area contributed by atoms with E-state index in [9.17, 15) is 9.59 Å². The van der Waals surface area contributed by atoms with Crippen molar-refractivity contribution in [1.29, 1.82) is 0 Å². The molecule has 0 spiro atoms. The summed E-state index contributed by atoms with van der Waals surface area (Å²) in [6.45, 7) is 0. The van der Waals surface area contributed by atoms with Gasteiger partial charge in [-0.05, 0) is 25.0 Å². The van der Waals surface area contributed by atoms with Crippen LogP contribution in [0, 0.1) is 5.92 Å². The average molecular weight is 310 g/mol. The number of hydrogen-bond acceptors (Lipinski definition) is 3. The van der Waals surface area contributed by atoms with Gasteiger partial charge in [-0.15, -0.1) is 0 Å². The summed E-state index contributed by atoms with van der Waals surface area (Å²) in [5.74, 6) is -0.537. The highest BCUT2D eigenvalue weighted by atomic mass is 79.9. The predicted molar refractivity (Wildman–Crippen MR) is 68.9 cm³/mol. The van der Waals surface area contributed by atoms with Crippen LogP contribution in [0.4, 0.5) is 5.69 Å². The number of fused-ring (bicyclic) bond motifs is 1. The Hall–Kier alpha value is -1.36. The lowest BCUT2D eigenvalue weighted by atomic mass is 9.85. The number of carbonyl (C=O) groups is 2. The number of halogens is 1. The maximum absolute atomic E-state index is 11.8. The topological polar surface area (TPSA) is 55.4 Å². The van der Waals surface area contributed by atoms with Gasteiger partial charge in [-0.3, -0.25) is 9.59 Å². The molecular formula is C13H12BrNO3. The van der Waals surface area contributed by atoms with E-state index in [1.807, 2.05) is 12.1 Å². The molecule has 5 heteroatoms. The lowest BCUT2D eigenvalue weighted by molar-refractivity contribution is -0.160. The summed E-state index contributed by atoms with van der Waals surface area (Å²) in [5.41, 5.74) is 1.44. The van der Waals surface area contributed by atoms with E-state index in [0.717, 1.165) is 29.3 Å². The molecule has 3 rings (SSSR count). The van der Waals surface area contributed by atoms with Crippen LogP contribution < -0.4 is 5.32 Å². The van der Waals surface area contributed by atoms with Crippen LogP contribution in [0.5, 0.6) is 0 Å². The first-order chi connectivity index (χ1) is 8.65. The van der Waals surface area contributed by atoms with Gasteiger partial charge in [0.1, 0.15) is 0 Å². The van der Waals surface area contributed by atoms with Gasteiger partial charge in [0.2, 0.25) is 6.10 Å². The summed E-state index contributed by atoms with van der Waals surface area (Å²) in [4.78, 5) is 23.6. The molecule has 94 valence electrons. The first-order valence-corrected chi connectivity index (χ1v) is 6.75. The molecule has 1 N–H and O–H groups in total. The van der Waals surface area contributed by atoms with Crippen molar-refractivity contribution in [3.05, 3.63) is 28.2 Å². The maximum Gasteiger partial charge on any atom is 0.310 e. The molecule has 0 radical (unpaired) electrons. The highest BCUT2D eigenvalue weighted by molar-refractivity contribution is 9.10. The molecule has 0 bridgehead atoms. The fourth-order valence-corrected chi connectivity index (χ4v) is 2.54. The lowest BCUT2D eigenvalue weighted by Gasteiger charge is -2.24. The van der Waals surface area contributed by atoms with Crippen molar-refractivity contribution in [2.24, 2.45) is 5.92 Å². The SMILES string of the molecule is O=C(OC1C(=O)Nc2cc(Br)ccc21)C1CCC1. The third kappa shape index (κ3) is 1.92. The van der Waals surface area contributed by atoms with Gasteiger partial charge in [0.15, 0.2) is 0 Å². The smallest absolute Gasteiger partial charge is 0.310 e. The van der Waals surface area contributed by atoms with Gasteiger partial charge in [-0.25, -0.2) is 0 Å². The molecule has 0 saturated heterocycles. The lowest BCUT2D eigenvalue weighted by Crippen LogP contribution is -2.27. The fourth-order valence-electron chi connectivity index (χ4n) is 2.18. The number of rotatable bonds is 2. The average Bonchev–Trinajstić information content (AvgIpc) is 2.52. The van der Waals surface area contributed by atoms with Crippen LogP contribution in [0.1, 0.15) is 30.9 Å². The van der Waals surface area contributed by atoms with Crippen molar-refractivity contribution < 1.29 is 14.3 Å². The van der Waals surface area contributed by atoms with Crippen molar-refractivity contribution in [2.75, 3.05) is 5.32 Å². The number of esters is 1. The molecule has 1 aliphatic carbocycles. The summed E-state index contributed by atoms with van der Waals surface area (Å²) >= 11 is 3.34. The zero-order valence-corrected chi connectivity index (χ0v) is 11.2. The van der Waals surface area contributed by atoms with Gasteiger partial charge in [0.05, 0.1) is 5.92 Å². The van der Waals surface area contributed by atoms with Crippen LogP contribution in [0.25, 0.3) is 0 Å². The Morgan fingerprint density at radius 3 is 2.83 bits per heavy atom. The molecule has 0 aromatic heterocycles. The summed E-state index contributed by atoms with van der Waals surface area (Å²) < 4.78 is 6.21. The quantitative estimate of drug-likeness (QED) is 0.855. The van der Waals surface area contributed by atoms with Crippen LogP contribution in [0.2, 0.25) is 0 Å². The number of hydrogen-bond donors (Lipinski definition) is 1. The van der Waals surface area contributed by atoms with Crippen LogP contribution in [-0.4, -0.2) is 11.9 Å². The third-order valence-electron chi connectivity index (χ3n) is 3.47. The Bertz CT molecular complexity index is 525. The van der Waals surface area contributed by atoms with Crippen molar-refractivity contribution in [3.8, 4) is 0 Å². The summed E-state index contributed by atoms with van der Waals surface area (Å²) in [5, 5.41) is 2.72. The first kappa shape index (κ1) is 11.7. The van der Waals surface area contributed by atoms with Crippen LogP contribution in [-0.2, 0) is 14.3 Å². The largest absolute Gasteiger partial charge is 0.447 e. The molecule has 1 saturated carbocycles. The number of amides is 1. The molecule has 1 unspecified atom stereocenters. The highest BCUT2D eigenvalue weighted by Crippen LogP contribution is 2.37. The molecule has 1 amide bonds. The molecule has 1 heterocycles. The molecule has 4 nitrogen and oxygen atoms in total. The minimum absolute atomic E-state index is 0.0164. The van der Waals surface area contributed by atoms with Gasteiger partial charge < -0.3 is 10.1 Å². The van der Waals surface area contributed by atoms with Crippen LogP contribution in [0.3, 0.4) is 0 Å². The van der Waals surface area contributed by atoms with E-state index in [-0.39, 0.29) is 17.8 Å². The molecule has 1 aromatic rings. The van der Waals surface area contributed by atoms with E-state index >= 15 is 0 Å². The predicted octanol–water partition coefficient (Wildman–Crippen LogP) is 2.79. The number of anilines is 1. The van der Waals surface area contributed by atoms with Gasteiger partial charge in [0.25, 0.3) is 5.91 Å². The monoisotopic (exact) mass is 309 g/mol. The Kier molecular flexibility index (Phi) is 2.86. The second-order valence-corrected chi connectivity index (χ2v) is 5.58. The number of benzene rings is 1. The highest BCUT2D eigenvalue weighted by Gasteiger charge is 2.36. The number of ether oxygens (including phenoxy) is 1. The third-order valence-corrected chi connectivity index (χ3v) is 3.96. The van der Waals surface area contributed by atoms with E-state index in [2.05, 4.69) is 21.2 Å². The standard InChI is InChI=1S/C13H12BrNO3/c14-8-4-5-9-10(6-8)15-12(16)11(9)18-13(17)7-2-1-3-7/h4-7,11H,1-3H2,(H,15,16). The number of nitrogens with one attached hydrogen (secondary N) is 1. The van der Waals surface area contributed by atoms with E-state index in [4.69, 9.17) is 4.74 Å². The van der Waals surface area contributed by atoms with E-state index in [0.29, 0.717) is 5.69 Å². The molecule has 18 heavy (non-hydrogen) atoms. The second kappa shape index (κ2) is 4.39. The van der Waals surface area contributed by atoms with Crippen LogP contribution >= 0.6 is 15.9 Å². The fraction of sp³-hybridized carbons (Fsp3) is 0.385. The number of carbonyl (C=O) groups excluding carboxylic acids is 2. The minimum atomic E-state index is -0.791. The van der Waals surface area contributed by atoms with Crippen molar-refractivity contribution in [1.82, 2.24) is 0 Å². The molecule has 1 aliphatic heterocycles. The first-order valence-electron chi connectivity index (χ1n) is 5.96. The van der Waals surface area contributed by atoms with Crippen molar-refractivity contribution in [2.45, 2.75) is 25.4 Å². The van der Waals surface area contributed by atoms with Crippen LogP contribution in [0.15, 0.2) is 22.7 Å². The Morgan fingerprint density at radius 1 is 1.39 bits per heavy atom. The summed E-state index contributed by atoms with van der Waals surface area (Å²) in [6, 6.07) is 5.45. The summed E-state index contributed by atoms with van der Waals surface area (Å²) in [7, 11) is 0. The summed E-state index contributed by atoms with van der Waals surface area (Å²) in [6.07, 6.45) is 2.03. The van der Waals surface area contributed by atoms with E-state index in [1.54, 1.807) is 6.07 Å². The molecule has 1 fully saturated rings. The Balaban J connectivity index is 1.80. The van der Waals surface area contributed by atoms with E-state index in [1.165, 1.54) is 0 Å². The molecular weight excluding hydrogens is 298 g/mol. The minimum Gasteiger partial charge on any atom is -0.447 e. The van der Waals surface area contributed by atoms with Gasteiger partial charge >= 0.3 is 5.97 Å². The zero-order chi connectivity index (χ0) is 12.7. The van der Waals surface area contributed by atoms with Gasteiger partial charge in [-0.2, -0.15) is 0 Å². The maximum atomic E-state index is 11.8. The molecule has 2 aliphatic rings. The van der Waals surface area contributed by atoms with E-state index < -0.39 is 6.10 Å². The molecule has 1 atom stereocenters. The Labute approximate surface area is 113 Å². The van der Waals surface area contributed by atoms with Gasteiger partial charge in [0, 0.05) is 15.7 Å². The van der Waals surface area contributed by atoms with Gasteiger partial charge in [-0.1, -0.05) is 28.4 Å². The van der Waals surface area contributed by atoms with Crippen molar-refractivity contribution in [3.63, 3.8) is 0 Å². The van der Waals surface area contributed by atoms with Crippen molar-refractivity contribution >= 4 is 33.5 Å². The molecule has 1 aromatic carbocycles.